The minimum atomic E-state index is -3.33. The first-order chi connectivity index (χ1) is 15.2. The molecule has 1 amide bonds. The molecule has 2 aromatic rings. The summed E-state index contributed by atoms with van der Waals surface area (Å²) < 4.78 is 69.2. The fourth-order valence-electron chi connectivity index (χ4n) is 4.65. The summed E-state index contributed by atoms with van der Waals surface area (Å²) in [6.07, 6.45) is 3.31. The second-order valence-corrected chi connectivity index (χ2v) is 10.4. The summed E-state index contributed by atoms with van der Waals surface area (Å²) in [4.78, 5) is 14.8. The Morgan fingerprint density at radius 2 is 1.66 bits per heavy atom. The molecule has 1 N–H and O–H groups in total. The van der Waals surface area contributed by atoms with Crippen molar-refractivity contribution in [3.63, 3.8) is 0 Å². The first kappa shape index (κ1) is 22.8. The van der Waals surface area contributed by atoms with Crippen molar-refractivity contribution in [3.05, 3.63) is 59.4 Å². The van der Waals surface area contributed by atoms with E-state index in [-0.39, 0.29) is 28.6 Å². The van der Waals surface area contributed by atoms with Gasteiger partial charge in [-0.25, -0.2) is 26.3 Å². The van der Waals surface area contributed by atoms with E-state index in [0.29, 0.717) is 38.8 Å². The molecule has 0 radical (unpaired) electrons. The molecule has 5 nitrogen and oxygen atoms in total. The molecule has 172 valence electrons. The molecule has 2 fully saturated rings. The van der Waals surface area contributed by atoms with Gasteiger partial charge in [0.05, 0.1) is 11.8 Å². The van der Waals surface area contributed by atoms with E-state index >= 15 is 0 Å². The van der Waals surface area contributed by atoms with Gasteiger partial charge in [0.15, 0.2) is 0 Å². The Balaban J connectivity index is 1.52. The van der Waals surface area contributed by atoms with Crippen LogP contribution in [0.2, 0.25) is 0 Å². The molecule has 2 aromatic carbocycles. The number of sulfonamides is 1. The molecule has 1 aliphatic carbocycles. The Morgan fingerprint density at radius 1 is 1.00 bits per heavy atom. The van der Waals surface area contributed by atoms with Gasteiger partial charge < -0.3 is 4.90 Å². The number of carbonyl (C=O) groups is 1. The lowest BCUT2D eigenvalue weighted by Gasteiger charge is -2.21. The summed E-state index contributed by atoms with van der Waals surface area (Å²) in [5.41, 5.74) is 0.0139. The quantitative estimate of drug-likeness (QED) is 0.729. The van der Waals surface area contributed by atoms with Crippen LogP contribution in [0.4, 0.5) is 13.2 Å². The van der Waals surface area contributed by atoms with Crippen LogP contribution in [0.15, 0.2) is 36.4 Å². The Kier molecular flexibility index (Phi) is 6.31. The first-order valence-corrected chi connectivity index (χ1v) is 12.5. The van der Waals surface area contributed by atoms with Crippen LogP contribution in [-0.2, 0) is 14.8 Å². The molecular formula is C23H25F3N2O3S. The minimum Gasteiger partial charge on any atom is -0.342 e. The lowest BCUT2D eigenvalue weighted by atomic mass is 9.94. The number of likely N-dealkylation sites (tertiary alicyclic amines) is 1. The molecule has 9 heteroatoms. The molecule has 0 aromatic heterocycles. The lowest BCUT2D eigenvalue weighted by molar-refractivity contribution is -0.132. The molecule has 32 heavy (non-hydrogen) atoms. The van der Waals surface area contributed by atoms with E-state index in [1.807, 2.05) is 0 Å². The number of benzene rings is 2. The molecule has 1 aliphatic heterocycles. The van der Waals surface area contributed by atoms with E-state index in [1.165, 1.54) is 24.3 Å². The van der Waals surface area contributed by atoms with E-state index in [4.69, 9.17) is 0 Å². The third-order valence-electron chi connectivity index (χ3n) is 6.18. The van der Waals surface area contributed by atoms with Crippen LogP contribution >= 0.6 is 0 Å². The number of amides is 1. The van der Waals surface area contributed by atoms with Crippen molar-refractivity contribution in [1.82, 2.24) is 9.62 Å². The maximum absolute atomic E-state index is 14.8. The van der Waals surface area contributed by atoms with E-state index in [9.17, 15) is 26.4 Å². The van der Waals surface area contributed by atoms with E-state index in [0.717, 1.165) is 18.4 Å². The van der Waals surface area contributed by atoms with Crippen molar-refractivity contribution >= 4 is 15.9 Å². The summed E-state index contributed by atoms with van der Waals surface area (Å²) in [6, 6.07) is 7.41. The Bertz CT molecular complexity index is 1120. The molecule has 0 bridgehead atoms. The molecule has 4 rings (SSSR count). The third kappa shape index (κ3) is 4.83. The van der Waals surface area contributed by atoms with Gasteiger partial charge in [-0.3, -0.25) is 4.79 Å². The number of hydrogen-bond donors (Lipinski definition) is 1. The topological polar surface area (TPSA) is 66.5 Å². The van der Waals surface area contributed by atoms with E-state index in [1.54, 1.807) is 4.90 Å². The van der Waals surface area contributed by atoms with E-state index in [2.05, 4.69) is 4.72 Å². The second kappa shape index (κ2) is 8.86. The number of nitrogens with one attached hydrogen (secondary N) is 1. The van der Waals surface area contributed by atoms with Gasteiger partial charge in [0.2, 0.25) is 15.9 Å². The van der Waals surface area contributed by atoms with Crippen LogP contribution in [0.3, 0.4) is 0 Å². The highest BCUT2D eigenvalue weighted by molar-refractivity contribution is 7.88. The number of hydrogen-bond acceptors (Lipinski definition) is 3. The minimum absolute atomic E-state index is 0.127. The van der Waals surface area contributed by atoms with Crippen molar-refractivity contribution in [2.75, 3.05) is 19.3 Å². The van der Waals surface area contributed by atoms with Gasteiger partial charge >= 0.3 is 0 Å². The predicted octanol–water partition coefficient (Wildman–Crippen LogP) is 3.80. The van der Waals surface area contributed by atoms with Crippen molar-refractivity contribution in [3.8, 4) is 11.1 Å². The summed E-state index contributed by atoms with van der Waals surface area (Å²) >= 11 is 0. The van der Waals surface area contributed by atoms with Crippen LogP contribution in [0.1, 0.15) is 37.2 Å². The Labute approximate surface area is 185 Å². The molecule has 3 atom stereocenters. The van der Waals surface area contributed by atoms with Gasteiger partial charge in [-0.2, -0.15) is 0 Å². The molecule has 1 saturated heterocycles. The SMILES string of the molecule is CS(=O)(=O)N[C@H]1CCCN(C(=O)[C@@H]2C[C@H]2c2c(F)cccc2-c2c(F)cccc2F)CC1. The van der Waals surface area contributed by atoms with Crippen LogP contribution in [0.25, 0.3) is 11.1 Å². The van der Waals surface area contributed by atoms with Gasteiger partial charge in [-0.1, -0.05) is 18.2 Å². The molecule has 0 unspecified atom stereocenters. The number of nitrogens with zero attached hydrogens (tertiary/aromatic N) is 1. The summed E-state index contributed by atoms with van der Waals surface area (Å²) in [5.74, 6) is -3.18. The van der Waals surface area contributed by atoms with Crippen molar-refractivity contribution in [2.45, 2.75) is 37.6 Å². The van der Waals surface area contributed by atoms with Crippen LogP contribution in [0, 0.1) is 23.4 Å². The van der Waals surface area contributed by atoms with Crippen LogP contribution in [0.5, 0.6) is 0 Å². The van der Waals surface area contributed by atoms with Gasteiger partial charge in [-0.05, 0) is 60.9 Å². The fraction of sp³-hybridized carbons (Fsp3) is 0.435. The second-order valence-electron chi connectivity index (χ2n) is 8.59. The van der Waals surface area contributed by atoms with Gasteiger partial charge in [0, 0.05) is 25.0 Å². The largest absolute Gasteiger partial charge is 0.342 e. The van der Waals surface area contributed by atoms with Gasteiger partial charge in [-0.15, -0.1) is 0 Å². The highest BCUT2D eigenvalue weighted by Crippen LogP contribution is 2.52. The van der Waals surface area contributed by atoms with Crippen LogP contribution in [-0.4, -0.2) is 44.6 Å². The average molecular weight is 467 g/mol. The summed E-state index contributed by atoms with van der Waals surface area (Å²) in [5, 5.41) is 0. The molecule has 2 aliphatic rings. The maximum Gasteiger partial charge on any atom is 0.226 e. The monoisotopic (exact) mass is 466 g/mol. The van der Waals surface area contributed by atoms with E-state index < -0.39 is 39.3 Å². The molecule has 0 spiro atoms. The zero-order valence-electron chi connectivity index (χ0n) is 17.7. The highest BCUT2D eigenvalue weighted by Gasteiger charge is 2.48. The smallest absolute Gasteiger partial charge is 0.226 e. The summed E-state index contributed by atoms with van der Waals surface area (Å²) in [6.45, 7) is 0.900. The zero-order chi connectivity index (χ0) is 23.0. The van der Waals surface area contributed by atoms with Crippen molar-refractivity contribution < 1.29 is 26.4 Å². The van der Waals surface area contributed by atoms with Crippen molar-refractivity contribution in [1.29, 1.82) is 0 Å². The average Bonchev–Trinajstić information content (AvgIpc) is 3.51. The number of rotatable bonds is 5. The fourth-order valence-corrected chi connectivity index (χ4v) is 5.49. The maximum atomic E-state index is 14.8. The van der Waals surface area contributed by atoms with Crippen LogP contribution < -0.4 is 4.72 Å². The third-order valence-corrected chi connectivity index (χ3v) is 6.95. The Morgan fingerprint density at radius 3 is 2.34 bits per heavy atom. The normalized spacial score (nSPS) is 23.6. The number of carbonyl (C=O) groups excluding carboxylic acids is 1. The number of halogens is 3. The lowest BCUT2D eigenvalue weighted by Crippen LogP contribution is -2.36. The standard InChI is InChI=1S/C23H25F3N2O3S/c1-32(30,31)27-14-5-4-11-28(12-10-14)23(29)17-13-16(17)21-15(6-2-7-18(21)24)22-19(25)8-3-9-20(22)26/h2-3,6-9,14,16-17,27H,4-5,10-13H2,1H3/t14-,16+,17+/m0/s1. The van der Waals surface area contributed by atoms with Gasteiger partial charge in [0.25, 0.3) is 0 Å². The van der Waals surface area contributed by atoms with Crippen molar-refractivity contribution in [2.24, 2.45) is 5.92 Å². The highest BCUT2D eigenvalue weighted by atomic mass is 32.2. The molecular weight excluding hydrogens is 441 g/mol. The van der Waals surface area contributed by atoms with Gasteiger partial charge in [0.1, 0.15) is 17.5 Å². The molecule has 1 saturated carbocycles. The molecule has 1 heterocycles. The summed E-state index contributed by atoms with van der Waals surface area (Å²) in [7, 11) is -3.33. The first-order valence-electron chi connectivity index (χ1n) is 10.6. The predicted molar refractivity (Wildman–Crippen MR) is 115 cm³/mol. The Hall–Kier alpha value is -2.39. The zero-order valence-corrected chi connectivity index (χ0v) is 18.5.